The second-order valence-corrected chi connectivity index (χ2v) is 4.99. The molecule has 0 N–H and O–H groups in total. The van der Waals surface area contributed by atoms with E-state index in [1.807, 2.05) is 0 Å². The van der Waals surface area contributed by atoms with Crippen molar-refractivity contribution >= 4 is 27.4 Å². The summed E-state index contributed by atoms with van der Waals surface area (Å²) in [4.78, 5) is 11.4. The molecule has 19 heavy (non-hydrogen) atoms. The largest absolute Gasteiger partial charge is 0.462 e. The molecule has 0 spiro atoms. The SMILES string of the molecule is CCCOC(=O)c1sc2ccccc2c1C(F)(F)F. The van der Waals surface area contributed by atoms with Gasteiger partial charge in [-0.25, -0.2) is 4.79 Å². The zero-order valence-electron chi connectivity index (χ0n) is 10.1. The van der Waals surface area contributed by atoms with Crippen molar-refractivity contribution < 1.29 is 22.7 Å². The van der Waals surface area contributed by atoms with Crippen LogP contribution in [0.25, 0.3) is 10.1 Å². The van der Waals surface area contributed by atoms with E-state index in [9.17, 15) is 18.0 Å². The molecule has 0 radical (unpaired) electrons. The van der Waals surface area contributed by atoms with Gasteiger partial charge in [0.15, 0.2) is 0 Å². The highest BCUT2D eigenvalue weighted by atomic mass is 32.1. The van der Waals surface area contributed by atoms with Crippen molar-refractivity contribution in [3.05, 3.63) is 34.7 Å². The lowest BCUT2D eigenvalue weighted by molar-refractivity contribution is -0.136. The maximum atomic E-state index is 13.1. The zero-order chi connectivity index (χ0) is 14.0. The Morgan fingerprint density at radius 3 is 2.63 bits per heavy atom. The van der Waals surface area contributed by atoms with Gasteiger partial charge in [0.05, 0.1) is 12.2 Å². The first-order chi connectivity index (χ1) is 8.95. The fraction of sp³-hybridized carbons (Fsp3) is 0.308. The van der Waals surface area contributed by atoms with Crippen LogP contribution >= 0.6 is 11.3 Å². The molecule has 6 heteroatoms. The van der Waals surface area contributed by atoms with Crippen LogP contribution in [0, 0.1) is 0 Å². The monoisotopic (exact) mass is 288 g/mol. The quantitative estimate of drug-likeness (QED) is 0.778. The highest BCUT2D eigenvalue weighted by Crippen LogP contribution is 2.42. The van der Waals surface area contributed by atoms with E-state index in [0.717, 1.165) is 11.3 Å². The number of ether oxygens (including phenoxy) is 1. The minimum Gasteiger partial charge on any atom is -0.462 e. The van der Waals surface area contributed by atoms with Gasteiger partial charge in [-0.15, -0.1) is 11.3 Å². The lowest BCUT2D eigenvalue weighted by Gasteiger charge is -2.08. The van der Waals surface area contributed by atoms with Gasteiger partial charge in [0, 0.05) is 10.1 Å². The van der Waals surface area contributed by atoms with Gasteiger partial charge >= 0.3 is 12.1 Å². The topological polar surface area (TPSA) is 26.3 Å². The summed E-state index contributed by atoms with van der Waals surface area (Å²) in [5, 5.41) is 0.0449. The van der Waals surface area contributed by atoms with E-state index in [4.69, 9.17) is 4.74 Å². The van der Waals surface area contributed by atoms with E-state index < -0.39 is 17.7 Å². The van der Waals surface area contributed by atoms with Gasteiger partial charge in [-0.1, -0.05) is 25.1 Å². The van der Waals surface area contributed by atoms with Gasteiger partial charge in [-0.2, -0.15) is 13.2 Å². The molecule has 0 unspecified atom stereocenters. The predicted octanol–water partition coefficient (Wildman–Crippen LogP) is 4.49. The molecular weight excluding hydrogens is 277 g/mol. The number of esters is 1. The van der Waals surface area contributed by atoms with E-state index in [2.05, 4.69) is 0 Å². The van der Waals surface area contributed by atoms with Gasteiger partial charge < -0.3 is 4.74 Å². The molecule has 1 aromatic carbocycles. The summed E-state index contributed by atoms with van der Waals surface area (Å²) < 4.78 is 44.5. The average Bonchev–Trinajstić information content (AvgIpc) is 2.74. The first-order valence-electron chi connectivity index (χ1n) is 5.71. The number of benzene rings is 1. The fourth-order valence-corrected chi connectivity index (χ4v) is 2.85. The Labute approximate surface area is 111 Å². The molecule has 0 aliphatic rings. The lowest BCUT2D eigenvalue weighted by Crippen LogP contribution is -2.13. The molecule has 0 bridgehead atoms. The second-order valence-electron chi connectivity index (χ2n) is 3.94. The molecule has 0 aliphatic heterocycles. The van der Waals surface area contributed by atoms with Crippen LogP contribution in [0.2, 0.25) is 0 Å². The van der Waals surface area contributed by atoms with Crippen LogP contribution in [0.3, 0.4) is 0 Å². The molecule has 0 saturated heterocycles. The van der Waals surface area contributed by atoms with Crippen molar-refractivity contribution in [3.63, 3.8) is 0 Å². The second kappa shape index (κ2) is 5.21. The standard InChI is InChI=1S/C13H11F3O2S/c1-2-7-18-12(17)11-10(13(14,15)16)8-5-3-4-6-9(8)19-11/h3-6H,2,7H2,1H3. The molecule has 0 saturated carbocycles. The molecular formula is C13H11F3O2S. The van der Waals surface area contributed by atoms with Crippen molar-refractivity contribution in [1.29, 1.82) is 0 Å². The number of alkyl halides is 3. The Balaban J connectivity index is 2.56. The lowest BCUT2D eigenvalue weighted by atomic mass is 10.1. The minimum atomic E-state index is -4.57. The summed E-state index contributed by atoms with van der Waals surface area (Å²) >= 11 is 0.815. The third-order valence-electron chi connectivity index (χ3n) is 2.50. The van der Waals surface area contributed by atoms with Crippen LogP contribution in [0.1, 0.15) is 28.6 Å². The first-order valence-corrected chi connectivity index (χ1v) is 6.52. The Bertz CT molecular complexity index is 601. The molecule has 2 aromatic rings. The van der Waals surface area contributed by atoms with Crippen molar-refractivity contribution in [2.75, 3.05) is 6.61 Å². The third kappa shape index (κ3) is 2.73. The third-order valence-corrected chi connectivity index (χ3v) is 3.65. The molecule has 0 aliphatic carbocycles. The number of carbonyl (C=O) groups excluding carboxylic acids is 1. The normalized spacial score (nSPS) is 11.8. The number of halogens is 3. The number of hydrogen-bond donors (Lipinski definition) is 0. The molecule has 1 aromatic heterocycles. The Hall–Kier alpha value is -1.56. The van der Waals surface area contributed by atoms with Crippen LogP contribution in [0.5, 0.6) is 0 Å². The van der Waals surface area contributed by atoms with E-state index >= 15 is 0 Å². The number of hydrogen-bond acceptors (Lipinski definition) is 3. The number of carbonyl (C=O) groups is 1. The Morgan fingerprint density at radius 1 is 1.32 bits per heavy atom. The van der Waals surface area contributed by atoms with Crippen LogP contribution in [0.4, 0.5) is 13.2 Å². The van der Waals surface area contributed by atoms with Crippen LogP contribution < -0.4 is 0 Å². The summed E-state index contributed by atoms with van der Waals surface area (Å²) in [7, 11) is 0. The molecule has 0 atom stereocenters. The average molecular weight is 288 g/mol. The van der Waals surface area contributed by atoms with Gasteiger partial charge in [-0.05, 0) is 12.5 Å². The summed E-state index contributed by atoms with van der Waals surface area (Å²) in [5.74, 6) is -0.907. The molecule has 1 heterocycles. The fourth-order valence-electron chi connectivity index (χ4n) is 1.73. The molecule has 2 nitrogen and oxygen atoms in total. The minimum absolute atomic E-state index is 0.0449. The molecule has 2 rings (SSSR count). The number of thiophene rings is 1. The predicted molar refractivity (Wildman–Crippen MR) is 67.4 cm³/mol. The smallest absolute Gasteiger partial charge is 0.418 e. The van der Waals surface area contributed by atoms with Crippen LogP contribution in [-0.4, -0.2) is 12.6 Å². The summed E-state index contributed by atoms with van der Waals surface area (Å²) in [6, 6.07) is 6.09. The van der Waals surface area contributed by atoms with Gasteiger partial charge in [0.25, 0.3) is 0 Å². The van der Waals surface area contributed by atoms with Gasteiger partial charge in [0.1, 0.15) is 4.88 Å². The van der Waals surface area contributed by atoms with Crippen LogP contribution in [-0.2, 0) is 10.9 Å². The van der Waals surface area contributed by atoms with Crippen LogP contribution in [0.15, 0.2) is 24.3 Å². The first kappa shape index (κ1) is 13.9. The van der Waals surface area contributed by atoms with Gasteiger partial charge in [0.2, 0.25) is 0 Å². The summed E-state index contributed by atoms with van der Waals surface area (Å²) in [6.07, 6.45) is -4.00. The summed E-state index contributed by atoms with van der Waals surface area (Å²) in [6.45, 7) is 1.90. The highest BCUT2D eigenvalue weighted by molar-refractivity contribution is 7.21. The van der Waals surface area contributed by atoms with Crippen molar-refractivity contribution in [2.24, 2.45) is 0 Å². The van der Waals surface area contributed by atoms with Crippen molar-refractivity contribution in [1.82, 2.24) is 0 Å². The zero-order valence-corrected chi connectivity index (χ0v) is 10.9. The summed E-state index contributed by atoms with van der Waals surface area (Å²) in [5.41, 5.74) is -0.894. The number of fused-ring (bicyclic) bond motifs is 1. The van der Waals surface area contributed by atoms with E-state index in [1.165, 1.54) is 12.1 Å². The maximum Gasteiger partial charge on any atom is 0.418 e. The van der Waals surface area contributed by atoms with Crippen molar-refractivity contribution in [3.8, 4) is 0 Å². The Kier molecular flexibility index (Phi) is 3.80. The van der Waals surface area contributed by atoms with Crippen molar-refractivity contribution in [2.45, 2.75) is 19.5 Å². The molecule has 0 fully saturated rings. The van der Waals surface area contributed by atoms with E-state index in [0.29, 0.717) is 11.1 Å². The molecule has 102 valence electrons. The van der Waals surface area contributed by atoms with E-state index in [1.54, 1.807) is 19.1 Å². The molecule has 0 amide bonds. The maximum absolute atomic E-state index is 13.1. The highest BCUT2D eigenvalue weighted by Gasteiger charge is 2.39. The number of rotatable bonds is 3. The van der Waals surface area contributed by atoms with E-state index in [-0.39, 0.29) is 16.9 Å². The Morgan fingerprint density at radius 2 is 2.00 bits per heavy atom. The van der Waals surface area contributed by atoms with Gasteiger partial charge in [-0.3, -0.25) is 0 Å².